The topological polar surface area (TPSA) is 123 Å². The van der Waals surface area contributed by atoms with E-state index in [2.05, 4.69) is 90.0 Å². The first-order valence-corrected chi connectivity index (χ1v) is 24.0. The summed E-state index contributed by atoms with van der Waals surface area (Å²) >= 11 is 0. The molecule has 0 radical (unpaired) electrons. The van der Waals surface area contributed by atoms with Gasteiger partial charge in [-0.15, -0.1) is 0 Å². The summed E-state index contributed by atoms with van der Waals surface area (Å²) in [5, 5.41) is 12.3. The van der Waals surface area contributed by atoms with E-state index in [0.29, 0.717) is 23.7 Å². The molecule has 8 rings (SSSR count). The quantitative estimate of drug-likeness (QED) is 0.0748. The van der Waals surface area contributed by atoms with Crippen molar-refractivity contribution in [3.05, 3.63) is 168 Å². The Bertz CT molecular complexity index is 2460. The van der Waals surface area contributed by atoms with Gasteiger partial charge in [0.05, 0.1) is 33.3 Å². The van der Waals surface area contributed by atoms with Gasteiger partial charge in [0.25, 0.3) is 0 Å². The Hall–Kier alpha value is -5.76. The van der Waals surface area contributed by atoms with Gasteiger partial charge in [0.15, 0.2) is 17.4 Å². The van der Waals surface area contributed by atoms with Crippen LogP contribution in [0, 0.1) is 6.92 Å². The van der Waals surface area contributed by atoms with Crippen molar-refractivity contribution in [1.29, 1.82) is 0 Å². The summed E-state index contributed by atoms with van der Waals surface area (Å²) in [6.45, 7) is 9.76. The zero-order valence-electron chi connectivity index (χ0n) is 34.6. The fraction of sp³-hybridized carbons (Fsp3) is 0.292. The van der Waals surface area contributed by atoms with E-state index in [1.165, 1.54) is 6.33 Å². The first-order chi connectivity index (χ1) is 29.1. The van der Waals surface area contributed by atoms with Gasteiger partial charge >= 0.3 is 0 Å². The average Bonchev–Trinajstić information content (AvgIpc) is 3.84. The van der Waals surface area contributed by atoms with Crippen LogP contribution < -0.4 is 9.47 Å². The Morgan fingerprint density at radius 3 is 2.13 bits per heavy atom. The molecule has 1 fully saturated rings. The lowest BCUT2D eigenvalue weighted by atomic mass is 9.79. The van der Waals surface area contributed by atoms with E-state index in [-0.39, 0.29) is 13.2 Å². The van der Waals surface area contributed by atoms with Crippen LogP contribution in [0.1, 0.15) is 34.0 Å². The van der Waals surface area contributed by atoms with Crippen LogP contribution in [0.4, 0.5) is 0 Å². The second kappa shape index (κ2) is 17.8. The van der Waals surface area contributed by atoms with Crippen LogP contribution in [0.2, 0.25) is 25.7 Å². The summed E-state index contributed by atoms with van der Waals surface area (Å²) < 4.78 is 34.2. The van der Waals surface area contributed by atoms with E-state index in [9.17, 15) is 5.11 Å². The van der Waals surface area contributed by atoms with Crippen molar-refractivity contribution in [1.82, 2.24) is 24.5 Å². The molecule has 1 N–H and O–H groups in total. The number of aliphatic hydroxyl groups is 1. The molecule has 7 aromatic rings. The number of benzene rings is 4. The SMILES string of the molecule is COc1ccc(C(OC[C@H]2O[C@@H](n3cnc4c(OCC[Si](C)(C)C)ncnc43)[C@H](OCc3ccc(-c4ccncc4)cc3)[C@@H]2O)(c2ccccc2)c2ccc(C)cc2)cc1. The Labute approximate surface area is 352 Å². The lowest BCUT2D eigenvalue weighted by Gasteiger charge is -2.37. The van der Waals surface area contributed by atoms with Gasteiger partial charge in [-0.05, 0) is 70.6 Å². The Kier molecular flexibility index (Phi) is 12.2. The predicted octanol–water partition coefficient (Wildman–Crippen LogP) is 8.77. The Morgan fingerprint density at radius 1 is 0.783 bits per heavy atom. The number of methoxy groups -OCH3 is 1. The molecule has 4 aromatic carbocycles. The average molecular weight is 822 g/mol. The highest BCUT2D eigenvalue weighted by molar-refractivity contribution is 6.76. The molecule has 5 atom stereocenters. The molecule has 308 valence electrons. The van der Waals surface area contributed by atoms with Gasteiger partial charge in [0, 0.05) is 20.5 Å². The first kappa shape index (κ1) is 41.0. The summed E-state index contributed by atoms with van der Waals surface area (Å²) in [5.74, 6) is 1.14. The van der Waals surface area contributed by atoms with Gasteiger partial charge in [0.1, 0.15) is 36.0 Å². The van der Waals surface area contributed by atoms with E-state index in [1.807, 2.05) is 66.7 Å². The predicted molar refractivity (Wildman–Crippen MR) is 234 cm³/mol. The van der Waals surface area contributed by atoms with Gasteiger partial charge in [-0.2, -0.15) is 4.98 Å². The maximum Gasteiger partial charge on any atom is 0.245 e. The molecule has 1 aliphatic rings. The molecule has 11 nitrogen and oxygen atoms in total. The monoisotopic (exact) mass is 821 g/mol. The van der Waals surface area contributed by atoms with Crippen LogP contribution in [0.3, 0.4) is 0 Å². The number of imidazole rings is 1. The van der Waals surface area contributed by atoms with Crippen molar-refractivity contribution in [3.63, 3.8) is 0 Å². The second-order valence-electron chi connectivity index (χ2n) is 16.4. The number of hydrogen-bond acceptors (Lipinski definition) is 10. The summed E-state index contributed by atoms with van der Waals surface area (Å²) in [5.41, 5.74) is 6.90. The summed E-state index contributed by atoms with van der Waals surface area (Å²) in [4.78, 5) is 17.9. The second-order valence-corrected chi connectivity index (χ2v) is 22.0. The van der Waals surface area contributed by atoms with Gasteiger partial charge in [-0.1, -0.05) is 116 Å². The minimum Gasteiger partial charge on any atom is -0.497 e. The summed E-state index contributed by atoms with van der Waals surface area (Å²) in [6, 6.07) is 39.5. The fourth-order valence-electron chi connectivity index (χ4n) is 7.61. The van der Waals surface area contributed by atoms with Gasteiger partial charge in [0.2, 0.25) is 5.88 Å². The summed E-state index contributed by atoms with van der Waals surface area (Å²) in [6.07, 6.45) is 3.14. The number of pyridine rings is 1. The molecule has 0 amide bonds. The number of aromatic nitrogens is 5. The Morgan fingerprint density at radius 2 is 1.45 bits per heavy atom. The van der Waals surface area contributed by atoms with Crippen molar-refractivity contribution in [2.75, 3.05) is 20.3 Å². The highest BCUT2D eigenvalue weighted by Gasteiger charge is 2.48. The fourth-order valence-corrected chi connectivity index (χ4v) is 8.32. The number of aliphatic hydroxyl groups excluding tert-OH is 1. The largest absolute Gasteiger partial charge is 0.497 e. The number of hydrogen-bond donors (Lipinski definition) is 1. The van der Waals surface area contributed by atoms with Crippen molar-refractivity contribution in [2.24, 2.45) is 0 Å². The maximum absolute atomic E-state index is 12.3. The van der Waals surface area contributed by atoms with Crippen LogP contribution in [-0.4, -0.2) is 76.3 Å². The molecular formula is C48H51N5O6Si. The van der Waals surface area contributed by atoms with Crippen molar-refractivity contribution < 1.29 is 28.8 Å². The van der Waals surface area contributed by atoms with E-state index in [4.69, 9.17) is 28.7 Å². The molecule has 4 heterocycles. The summed E-state index contributed by atoms with van der Waals surface area (Å²) in [7, 11) is 0.303. The highest BCUT2D eigenvalue weighted by atomic mass is 28.3. The maximum atomic E-state index is 12.3. The number of ether oxygens (including phenoxy) is 5. The standard InChI is InChI=1S/C48H51N5O6Si/c1-33-11-17-38(18-12-33)48(37-9-7-6-8-10-37,39-19-21-40(55-2)22-20-39)58-30-41-43(54)44(57-29-34-13-15-35(16-14-34)36-23-25-49-26-24-36)47(59-41)53-32-52-42-45(53)50-31-51-46(42)56-27-28-60(3,4)5/h6-26,31-32,41,43-44,47,54H,27-30H2,1-5H3/t41-,43-,44-,47-,48?/m1/s1. The minimum absolute atomic E-state index is 0.0135. The molecule has 1 aliphatic heterocycles. The number of rotatable bonds is 16. The van der Waals surface area contributed by atoms with E-state index >= 15 is 0 Å². The molecule has 12 heteroatoms. The van der Waals surface area contributed by atoms with Crippen molar-refractivity contribution in [3.8, 4) is 22.8 Å². The van der Waals surface area contributed by atoms with Gasteiger partial charge in [-0.3, -0.25) is 9.55 Å². The zero-order valence-corrected chi connectivity index (χ0v) is 35.6. The van der Waals surface area contributed by atoms with Crippen LogP contribution in [0.25, 0.3) is 22.3 Å². The van der Waals surface area contributed by atoms with Crippen molar-refractivity contribution in [2.45, 2.75) is 69.4 Å². The molecule has 0 bridgehead atoms. The molecule has 0 saturated carbocycles. The van der Waals surface area contributed by atoms with Crippen LogP contribution in [0.5, 0.6) is 11.6 Å². The molecule has 60 heavy (non-hydrogen) atoms. The molecule has 0 spiro atoms. The van der Waals surface area contributed by atoms with E-state index in [0.717, 1.165) is 50.7 Å². The first-order valence-electron chi connectivity index (χ1n) is 20.3. The van der Waals surface area contributed by atoms with Crippen molar-refractivity contribution >= 4 is 19.2 Å². The van der Waals surface area contributed by atoms with Crippen LogP contribution >= 0.6 is 0 Å². The van der Waals surface area contributed by atoms with Gasteiger partial charge < -0.3 is 28.8 Å². The number of aryl methyl sites for hydroxylation is 1. The third kappa shape index (κ3) is 8.74. The molecule has 1 saturated heterocycles. The molecule has 1 unspecified atom stereocenters. The third-order valence-corrected chi connectivity index (χ3v) is 12.7. The normalized spacial score (nSPS) is 19.0. The lowest BCUT2D eigenvalue weighted by molar-refractivity contribution is -0.0968. The van der Waals surface area contributed by atoms with E-state index in [1.54, 1.807) is 30.4 Å². The van der Waals surface area contributed by atoms with Gasteiger partial charge in [-0.25, -0.2) is 9.97 Å². The molecular weight excluding hydrogens is 771 g/mol. The van der Waals surface area contributed by atoms with Crippen LogP contribution in [-0.2, 0) is 26.4 Å². The van der Waals surface area contributed by atoms with E-state index < -0.39 is 38.2 Å². The zero-order chi connectivity index (χ0) is 41.7. The molecule has 3 aromatic heterocycles. The highest BCUT2D eigenvalue weighted by Crippen LogP contribution is 2.43. The van der Waals surface area contributed by atoms with Crippen LogP contribution in [0.15, 0.2) is 140 Å². The smallest absolute Gasteiger partial charge is 0.245 e. The number of fused-ring (bicyclic) bond motifs is 1. The Balaban J connectivity index is 1.13. The third-order valence-electron chi connectivity index (χ3n) is 11.0. The molecule has 0 aliphatic carbocycles. The minimum atomic E-state index is -1.35. The lowest BCUT2D eigenvalue weighted by Crippen LogP contribution is -2.40. The number of nitrogens with zero attached hydrogens (tertiary/aromatic N) is 5.